The summed E-state index contributed by atoms with van der Waals surface area (Å²) in [6, 6.07) is 14.7. The molecular weight excluding hydrogens is 390 g/mol. The molecule has 0 bridgehead atoms. The van der Waals surface area contributed by atoms with Crippen molar-refractivity contribution in [2.75, 3.05) is 12.4 Å². The van der Waals surface area contributed by atoms with Crippen LogP contribution in [-0.4, -0.2) is 24.4 Å². The molecule has 0 aromatic heterocycles. The minimum Gasteiger partial charge on any atom is -0.478 e. The Hall–Kier alpha value is -2.61. The number of carbonyl (C=O) groups is 2. The van der Waals surface area contributed by atoms with Crippen molar-refractivity contribution in [3.63, 3.8) is 0 Å². The maximum Gasteiger partial charge on any atom is 0.221 e. The molecule has 3 rings (SSSR count). The van der Waals surface area contributed by atoms with Gasteiger partial charge in [-0.3, -0.25) is 9.59 Å². The van der Waals surface area contributed by atoms with Crippen LogP contribution in [0.25, 0.3) is 11.3 Å². The van der Waals surface area contributed by atoms with Gasteiger partial charge in [-0.1, -0.05) is 31.2 Å². The largest absolute Gasteiger partial charge is 0.478 e. The van der Waals surface area contributed by atoms with E-state index in [-0.39, 0.29) is 11.7 Å². The van der Waals surface area contributed by atoms with Crippen molar-refractivity contribution < 1.29 is 23.5 Å². The summed E-state index contributed by atoms with van der Waals surface area (Å²) in [6.45, 7) is 5.17. The first-order valence-electron chi connectivity index (χ1n) is 9.22. The van der Waals surface area contributed by atoms with Gasteiger partial charge in [-0.25, -0.2) is 4.89 Å². The van der Waals surface area contributed by atoms with Gasteiger partial charge >= 0.3 is 0 Å². The summed E-state index contributed by atoms with van der Waals surface area (Å²) >= 11 is 1.10. The van der Waals surface area contributed by atoms with Crippen molar-refractivity contribution in [2.45, 2.75) is 37.7 Å². The van der Waals surface area contributed by atoms with Crippen LogP contribution in [0.2, 0.25) is 0 Å². The highest BCUT2D eigenvalue weighted by Crippen LogP contribution is 2.43. The Labute approximate surface area is 174 Å². The van der Waals surface area contributed by atoms with Crippen LogP contribution in [0.1, 0.15) is 38.3 Å². The van der Waals surface area contributed by atoms with Gasteiger partial charge in [0.2, 0.25) is 11.7 Å². The summed E-state index contributed by atoms with van der Waals surface area (Å²) in [6.07, 6.45) is 0.542. The number of ketones is 1. The van der Waals surface area contributed by atoms with E-state index in [0.29, 0.717) is 29.0 Å². The van der Waals surface area contributed by atoms with Crippen LogP contribution in [-0.2, 0) is 23.5 Å². The van der Waals surface area contributed by atoms with Crippen LogP contribution in [0.4, 0.5) is 5.69 Å². The number of nitrogens with one attached hydrogen (secondary N) is 1. The fourth-order valence-electron chi connectivity index (χ4n) is 3.08. The lowest BCUT2D eigenvalue weighted by Gasteiger charge is -2.21. The van der Waals surface area contributed by atoms with Gasteiger partial charge in [0.15, 0.2) is 5.60 Å². The minimum absolute atomic E-state index is 0.0730. The van der Waals surface area contributed by atoms with E-state index >= 15 is 0 Å². The number of hydrogen-bond donors (Lipinski definition) is 1. The number of hydrogen-bond acceptors (Lipinski definition) is 6. The summed E-state index contributed by atoms with van der Waals surface area (Å²) in [5.74, 6) is 0.287. The number of carbonyl (C=O) groups excluding carboxylic acids is 2. The van der Waals surface area contributed by atoms with Crippen molar-refractivity contribution in [1.29, 1.82) is 0 Å². The minimum atomic E-state index is -0.929. The van der Waals surface area contributed by atoms with E-state index in [4.69, 9.17) is 9.07 Å². The summed E-state index contributed by atoms with van der Waals surface area (Å²) in [5, 5.41) is 2.76. The third kappa shape index (κ3) is 4.53. The monoisotopic (exact) mass is 413 g/mol. The van der Waals surface area contributed by atoms with E-state index in [1.54, 1.807) is 19.1 Å². The first-order chi connectivity index (χ1) is 13.9. The molecule has 0 saturated carbocycles. The predicted octanol–water partition coefficient (Wildman–Crippen LogP) is 4.87. The highest BCUT2D eigenvalue weighted by Gasteiger charge is 2.45. The highest BCUT2D eigenvalue weighted by atomic mass is 32.2. The molecule has 0 spiro atoms. The Bertz CT molecular complexity index is 954. The Morgan fingerprint density at radius 1 is 1.17 bits per heavy atom. The zero-order valence-corrected chi connectivity index (χ0v) is 17.6. The lowest BCUT2D eigenvalue weighted by Crippen LogP contribution is -2.32. The molecule has 2 aromatic rings. The zero-order valence-electron chi connectivity index (χ0n) is 16.8. The summed E-state index contributed by atoms with van der Waals surface area (Å²) in [4.78, 5) is 30.1. The molecule has 1 N–H and O–H groups in total. The molecule has 1 aliphatic heterocycles. The molecule has 1 atom stereocenters. The summed E-state index contributed by atoms with van der Waals surface area (Å²) in [5.41, 5.74) is 1.70. The normalized spacial score (nSPS) is 18.7. The van der Waals surface area contributed by atoms with Gasteiger partial charge in [-0.05, 0) is 43.2 Å². The number of anilines is 1. The van der Waals surface area contributed by atoms with Crippen molar-refractivity contribution in [3.8, 4) is 0 Å². The van der Waals surface area contributed by atoms with E-state index in [1.807, 2.05) is 43.3 Å². The summed E-state index contributed by atoms with van der Waals surface area (Å²) < 4.78 is 11.1. The van der Waals surface area contributed by atoms with Crippen LogP contribution in [0.15, 0.2) is 53.4 Å². The lowest BCUT2D eigenvalue weighted by molar-refractivity contribution is -0.160. The smallest absolute Gasteiger partial charge is 0.221 e. The number of benzene rings is 2. The Balaban J connectivity index is 2.05. The number of amides is 1. The van der Waals surface area contributed by atoms with Gasteiger partial charge in [0.1, 0.15) is 5.76 Å². The second-order valence-electron chi connectivity index (χ2n) is 6.82. The van der Waals surface area contributed by atoms with Crippen LogP contribution in [0.3, 0.4) is 0 Å². The molecule has 0 fully saturated rings. The van der Waals surface area contributed by atoms with E-state index in [2.05, 4.69) is 10.2 Å². The number of rotatable bonds is 7. The molecule has 0 radical (unpaired) electrons. The van der Waals surface area contributed by atoms with Crippen molar-refractivity contribution in [2.24, 2.45) is 0 Å². The molecule has 1 amide bonds. The second-order valence-corrected chi connectivity index (χ2v) is 7.60. The van der Waals surface area contributed by atoms with Crippen LogP contribution in [0.5, 0.6) is 0 Å². The van der Waals surface area contributed by atoms with Gasteiger partial charge in [-0.2, -0.15) is 4.33 Å². The molecule has 0 saturated heterocycles. The molecule has 152 valence electrons. The molecule has 1 unspecified atom stereocenters. The van der Waals surface area contributed by atoms with Crippen molar-refractivity contribution in [1.82, 2.24) is 0 Å². The van der Waals surface area contributed by atoms with Crippen molar-refractivity contribution >= 4 is 40.8 Å². The van der Waals surface area contributed by atoms with Crippen molar-refractivity contribution in [3.05, 3.63) is 59.7 Å². The maximum atomic E-state index is 13.3. The Morgan fingerprint density at radius 3 is 2.52 bits per heavy atom. The van der Waals surface area contributed by atoms with Crippen LogP contribution >= 0.6 is 12.0 Å². The molecule has 0 aliphatic carbocycles. The van der Waals surface area contributed by atoms with E-state index < -0.39 is 5.60 Å². The topological polar surface area (TPSA) is 73.9 Å². The van der Waals surface area contributed by atoms with Gasteiger partial charge in [0, 0.05) is 23.1 Å². The Kier molecular flexibility index (Phi) is 6.42. The molecule has 1 heterocycles. The first-order valence-corrected chi connectivity index (χ1v) is 9.96. The average molecular weight is 413 g/mol. The highest BCUT2D eigenvalue weighted by molar-refractivity contribution is 7.94. The Morgan fingerprint density at radius 2 is 1.90 bits per heavy atom. The lowest BCUT2D eigenvalue weighted by atomic mass is 9.90. The second kappa shape index (κ2) is 8.82. The average Bonchev–Trinajstić information content (AvgIpc) is 2.98. The SMILES string of the molecule is CCC1(C)OC(c2ccc(SOOC)cc2)=C(c2cccc(NC(C)=O)c2)C1=O. The molecule has 1 aliphatic rings. The third-order valence-corrected chi connectivity index (χ3v) is 5.39. The molecule has 6 nitrogen and oxygen atoms in total. The predicted molar refractivity (Wildman–Crippen MR) is 113 cm³/mol. The number of Topliss-reactive ketones (excluding diaryl/α,β-unsaturated/α-hetero) is 1. The van der Waals surface area contributed by atoms with Crippen LogP contribution in [0, 0.1) is 0 Å². The van der Waals surface area contributed by atoms with Gasteiger partial charge in [0.05, 0.1) is 24.7 Å². The van der Waals surface area contributed by atoms with Gasteiger partial charge in [-0.15, -0.1) is 0 Å². The molecule has 29 heavy (non-hydrogen) atoms. The molecular formula is C22H23NO5S. The van der Waals surface area contributed by atoms with Crippen LogP contribution < -0.4 is 5.32 Å². The first kappa shape index (κ1) is 21.1. The maximum absolute atomic E-state index is 13.3. The van der Waals surface area contributed by atoms with E-state index in [0.717, 1.165) is 22.5 Å². The van der Waals surface area contributed by atoms with Gasteiger partial charge < -0.3 is 10.1 Å². The molecule has 2 aromatic carbocycles. The van der Waals surface area contributed by atoms with E-state index in [9.17, 15) is 9.59 Å². The quantitative estimate of drug-likeness (QED) is 0.397. The zero-order chi connectivity index (χ0) is 21.0. The fraction of sp³-hybridized carbons (Fsp3) is 0.273. The van der Waals surface area contributed by atoms with Gasteiger partial charge in [0.25, 0.3) is 0 Å². The third-order valence-electron chi connectivity index (χ3n) is 4.72. The summed E-state index contributed by atoms with van der Waals surface area (Å²) in [7, 11) is 1.44. The van der Waals surface area contributed by atoms with E-state index in [1.165, 1.54) is 14.0 Å². The number of ether oxygens (including phenoxy) is 1. The molecule has 7 heteroatoms. The standard InChI is InChI=1S/C22H23NO5S/c1-5-22(3)21(25)19(16-7-6-8-17(13-16)23-14(2)24)20(27-22)15-9-11-18(12-10-15)29-28-26-4/h6-13H,5H2,1-4H3,(H,23,24). The fourth-order valence-corrected chi connectivity index (χ4v) is 3.47.